The lowest BCUT2D eigenvalue weighted by molar-refractivity contribution is -0.110. The van der Waals surface area contributed by atoms with E-state index in [9.17, 15) is 14.7 Å². The van der Waals surface area contributed by atoms with Gasteiger partial charge < -0.3 is 24.1 Å². The Bertz CT molecular complexity index is 1020. The summed E-state index contributed by atoms with van der Waals surface area (Å²) in [5.41, 5.74) is 0.380. The highest BCUT2D eigenvalue weighted by Crippen LogP contribution is 2.43. The van der Waals surface area contributed by atoms with Crippen LogP contribution in [0.5, 0.6) is 23.0 Å². The molecule has 3 rings (SSSR count). The van der Waals surface area contributed by atoms with Gasteiger partial charge in [-0.1, -0.05) is 15.9 Å². The van der Waals surface area contributed by atoms with Gasteiger partial charge in [-0.05, 0) is 24.3 Å². The van der Waals surface area contributed by atoms with Gasteiger partial charge in [-0.2, -0.15) is 0 Å². The number of carbonyl (C=O) groups excluding carboxylic acids is 2. The summed E-state index contributed by atoms with van der Waals surface area (Å²) < 4.78 is 21.4. The molecule has 0 aliphatic heterocycles. The van der Waals surface area contributed by atoms with E-state index >= 15 is 0 Å². The van der Waals surface area contributed by atoms with Crippen molar-refractivity contribution in [1.82, 2.24) is 0 Å². The zero-order valence-corrected chi connectivity index (χ0v) is 17.2. The van der Waals surface area contributed by atoms with Gasteiger partial charge in [0.2, 0.25) is 11.6 Å². The van der Waals surface area contributed by atoms with Crippen molar-refractivity contribution in [1.29, 1.82) is 0 Å². The van der Waals surface area contributed by atoms with Gasteiger partial charge in [0.25, 0.3) is 0 Å². The third-order valence-corrected chi connectivity index (χ3v) is 5.09. The third kappa shape index (κ3) is 2.99. The standard InChI is InChI=1S/C20H17BrO7/c1-25-13-5-9-10(6-14(13)26-2)19(23)20(24)17(18(9)22)11-7-15(27-3)16(28-4)8-12(11)21/h5-8,22H,1-4H3. The van der Waals surface area contributed by atoms with Gasteiger partial charge in [-0.3, -0.25) is 9.59 Å². The number of halogens is 1. The third-order valence-electron chi connectivity index (χ3n) is 4.44. The van der Waals surface area contributed by atoms with Crippen LogP contribution in [0.2, 0.25) is 0 Å². The molecular formula is C20H17BrO7. The summed E-state index contributed by atoms with van der Waals surface area (Å²) in [4.78, 5) is 25.6. The second kappa shape index (κ2) is 7.55. The van der Waals surface area contributed by atoms with Crippen LogP contribution in [-0.4, -0.2) is 45.1 Å². The Morgan fingerprint density at radius 1 is 0.679 bits per heavy atom. The molecule has 28 heavy (non-hydrogen) atoms. The molecule has 1 N–H and O–H groups in total. The number of aliphatic hydroxyl groups excluding tert-OH is 1. The van der Waals surface area contributed by atoms with Crippen LogP contribution in [0, 0.1) is 0 Å². The smallest absolute Gasteiger partial charge is 0.237 e. The Hall–Kier alpha value is -3.00. The summed E-state index contributed by atoms with van der Waals surface area (Å²) >= 11 is 3.36. The zero-order valence-electron chi connectivity index (χ0n) is 15.6. The number of methoxy groups -OCH3 is 4. The molecule has 1 aliphatic rings. The molecule has 0 saturated carbocycles. The number of aliphatic hydroxyl groups is 1. The number of hydrogen-bond donors (Lipinski definition) is 1. The SMILES string of the molecule is COc1cc(Br)c(C2=C(O)c3cc(OC)c(OC)cc3C(=O)C2=O)cc1OC. The highest BCUT2D eigenvalue weighted by atomic mass is 79.9. The quantitative estimate of drug-likeness (QED) is 0.697. The van der Waals surface area contributed by atoms with E-state index in [1.165, 1.54) is 46.6 Å². The molecule has 0 atom stereocenters. The molecule has 0 bridgehead atoms. The molecule has 2 aromatic rings. The van der Waals surface area contributed by atoms with E-state index < -0.39 is 11.6 Å². The van der Waals surface area contributed by atoms with Gasteiger partial charge in [0.15, 0.2) is 23.0 Å². The molecule has 2 aromatic carbocycles. The molecule has 0 radical (unpaired) electrons. The van der Waals surface area contributed by atoms with Crippen LogP contribution < -0.4 is 18.9 Å². The van der Waals surface area contributed by atoms with Crippen molar-refractivity contribution in [2.75, 3.05) is 28.4 Å². The highest BCUT2D eigenvalue weighted by Gasteiger charge is 2.36. The maximum atomic E-state index is 12.8. The van der Waals surface area contributed by atoms with E-state index in [2.05, 4.69) is 15.9 Å². The molecular weight excluding hydrogens is 432 g/mol. The fraction of sp³-hybridized carbons (Fsp3) is 0.200. The maximum Gasteiger partial charge on any atom is 0.237 e. The van der Waals surface area contributed by atoms with Crippen molar-refractivity contribution in [3.63, 3.8) is 0 Å². The Labute approximate surface area is 169 Å². The lowest BCUT2D eigenvalue weighted by atomic mass is 9.85. The summed E-state index contributed by atoms with van der Waals surface area (Å²) in [5, 5.41) is 10.9. The number of carbonyl (C=O) groups is 2. The van der Waals surface area contributed by atoms with Crippen LogP contribution >= 0.6 is 15.9 Å². The van der Waals surface area contributed by atoms with Crippen molar-refractivity contribution in [3.8, 4) is 23.0 Å². The highest BCUT2D eigenvalue weighted by molar-refractivity contribution is 9.10. The van der Waals surface area contributed by atoms with Gasteiger partial charge in [0, 0.05) is 21.2 Å². The Balaban J connectivity index is 2.31. The Kier molecular flexibility index (Phi) is 5.33. The molecule has 0 amide bonds. The van der Waals surface area contributed by atoms with Crippen LogP contribution in [-0.2, 0) is 4.79 Å². The lowest BCUT2D eigenvalue weighted by Gasteiger charge is -2.21. The van der Waals surface area contributed by atoms with Gasteiger partial charge in [0.05, 0.1) is 34.0 Å². The number of hydrogen-bond acceptors (Lipinski definition) is 7. The second-order valence-electron chi connectivity index (χ2n) is 5.82. The average molecular weight is 449 g/mol. The maximum absolute atomic E-state index is 12.8. The molecule has 146 valence electrons. The minimum absolute atomic E-state index is 0.0421. The van der Waals surface area contributed by atoms with E-state index in [4.69, 9.17) is 18.9 Å². The molecule has 1 aliphatic carbocycles. The fourth-order valence-electron chi connectivity index (χ4n) is 3.04. The summed E-state index contributed by atoms with van der Waals surface area (Å²) in [7, 11) is 5.78. The Morgan fingerprint density at radius 2 is 1.11 bits per heavy atom. The van der Waals surface area contributed by atoms with Crippen molar-refractivity contribution in [3.05, 3.63) is 45.4 Å². The minimum Gasteiger partial charge on any atom is -0.506 e. The van der Waals surface area contributed by atoms with E-state index in [1.807, 2.05) is 0 Å². The van der Waals surface area contributed by atoms with Crippen LogP contribution in [0.15, 0.2) is 28.7 Å². The summed E-state index contributed by atoms with van der Waals surface area (Å²) in [5.74, 6) is -0.561. The van der Waals surface area contributed by atoms with Crippen LogP contribution in [0.3, 0.4) is 0 Å². The summed E-state index contributed by atoms with van der Waals surface area (Å²) in [6.07, 6.45) is 0. The second-order valence-corrected chi connectivity index (χ2v) is 6.68. The van der Waals surface area contributed by atoms with Gasteiger partial charge >= 0.3 is 0 Å². The van der Waals surface area contributed by atoms with Gasteiger partial charge in [-0.25, -0.2) is 0 Å². The summed E-state index contributed by atoms with van der Waals surface area (Å²) in [6, 6.07) is 5.95. The molecule has 0 unspecified atom stereocenters. The molecule has 0 saturated heterocycles. The van der Waals surface area contributed by atoms with Crippen LogP contribution in [0.4, 0.5) is 0 Å². The number of rotatable bonds is 5. The van der Waals surface area contributed by atoms with E-state index in [0.29, 0.717) is 27.3 Å². The molecule has 0 heterocycles. The molecule has 0 fully saturated rings. The van der Waals surface area contributed by atoms with Crippen molar-refractivity contribution in [2.45, 2.75) is 0 Å². The number of fused-ring (bicyclic) bond motifs is 1. The minimum atomic E-state index is -0.842. The monoisotopic (exact) mass is 448 g/mol. The first-order valence-corrected chi connectivity index (χ1v) is 8.87. The van der Waals surface area contributed by atoms with Crippen molar-refractivity contribution in [2.24, 2.45) is 0 Å². The average Bonchev–Trinajstić information content (AvgIpc) is 2.71. The molecule has 8 heteroatoms. The number of Topliss-reactive ketones (excluding diaryl/α,β-unsaturated/α-hetero) is 2. The zero-order chi connectivity index (χ0) is 20.6. The predicted octanol–water partition coefficient (Wildman–Crippen LogP) is 3.68. The predicted molar refractivity (Wildman–Crippen MR) is 106 cm³/mol. The first kappa shape index (κ1) is 19.8. The first-order chi connectivity index (χ1) is 13.4. The Morgan fingerprint density at radius 3 is 1.61 bits per heavy atom. The van der Waals surface area contributed by atoms with Gasteiger partial charge in [0.1, 0.15) is 5.76 Å². The van der Waals surface area contributed by atoms with Crippen molar-refractivity contribution < 1.29 is 33.6 Å². The van der Waals surface area contributed by atoms with E-state index in [-0.39, 0.29) is 28.2 Å². The normalized spacial score (nSPS) is 13.3. The van der Waals surface area contributed by atoms with E-state index in [0.717, 1.165) is 0 Å². The summed E-state index contributed by atoms with van der Waals surface area (Å²) in [6.45, 7) is 0. The van der Waals surface area contributed by atoms with Crippen LogP contribution in [0.25, 0.3) is 11.3 Å². The molecule has 7 nitrogen and oxygen atoms in total. The number of ketones is 2. The fourth-order valence-corrected chi connectivity index (χ4v) is 3.56. The lowest BCUT2D eigenvalue weighted by Crippen LogP contribution is -2.23. The largest absolute Gasteiger partial charge is 0.506 e. The number of allylic oxidation sites excluding steroid dienone is 1. The van der Waals surface area contributed by atoms with Gasteiger partial charge in [-0.15, -0.1) is 0 Å². The number of benzene rings is 2. The molecule has 0 spiro atoms. The topological polar surface area (TPSA) is 91.3 Å². The number of ether oxygens (including phenoxy) is 4. The first-order valence-electron chi connectivity index (χ1n) is 8.08. The van der Waals surface area contributed by atoms with E-state index in [1.54, 1.807) is 6.07 Å². The van der Waals surface area contributed by atoms with Crippen molar-refractivity contribution >= 4 is 38.8 Å². The molecule has 0 aromatic heterocycles. The van der Waals surface area contributed by atoms with Crippen LogP contribution in [0.1, 0.15) is 21.5 Å².